The van der Waals surface area contributed by atoms with Crippen molar-refractivity contribution >= 4 is 35.1 Å². The van der Waals surface area contributed by atoms with Crippen LogP contribution in [0.2, 0.25) is 5.02 Å². The summed E-state index contributed by atoms with van der Waals surface area (Å²) in [6, 6.07) is 3.70. The third-order valence-electron chi connectivity index (χ3n) is 3.64. The van der Waals surface area contributed by atoms with E-state index in [0.29, 0.717) is 19.4 Å². The molecule has 2 N–H and O–H groups in total. The van der Waals surface area contributed by atoms with Crippen molar-refractivity contribution in [3.8, 4) is 0 Å². The lowest BCUT2D eigenvalue weighted by atomic mass is 9.98. The molecule has 0 aromatic heterocycles. The van der Waals surface area contributed by atoms with Crippen LogP contribution in [0.1, 0.15) is 19.3 Å². The summed E-state index contributed by atoms with van der Waals surface area (Å²) in [5.41, 5.74) is 0.288. The Hall–Kier alpha value is -2.15. The van der Waals surface area contributed by atoms with Gasteiger partial charge in [0.05, 0.1) is 10.9 Å². The zero-order valence-electron chi connectivity index (χ0n) is 12.2. The Morgan fingerprint density at radius 2 is 2.13 bits per heavy atom. The average molecular weight is 343 g/mol. The predicted octanol–water partition coefficient (Wildman–Crippen LogP) is 2.13. The molecular formula is C15H16ClFN2O4. The summed E-state index contributed by atoms with van der Waals surface area (Å²) in [4.78, 5) is 36.3. The topological polar surface area (TPSA) is 86.7 Å². The number of carbonyl (C=O) groups excluding carboxylic acids is 2. The molecule has 0 spiro atoms. The fraction of sp³-hybridized carbons (Fsp3) is 0.400. The molecule has 1 fully saturated rings. The molecule has 1 aliphatic rings. The molecule has 2 rings (SSSR count). The minimum absolute atomic E-state index is 0.115. The minimum Gasteiger partial charge on any atom is -0.481 e. The number of carboxylic acid groups (broad SMARTS) is 1. The van der Waals surface area contributed by atoms with Gasteiger partial charge in [0.15, 0.2) is 0 Å². The van der Waals surface area contributed by atoms with Crippen LogP contribution in [0, 0.1) is 11.7 Å². The van der Waals surface area contributed by atoms with E-state index in [2.05, 4.69) is 5.32 Å². The van der Waals surface area contributed by atoms with Crippen molar-refractivity contribution in [2.45, 2.75) is 19.3 Å². The Bertz CT molecular complexity index is 638. The van der Waals surface area contributed by atoms with E-state index in [9.17, 15) is 18.8 Å². The van der Waals surface area contributed by atoms with E-state index < -0.39 is 35.9 Å². The third kappa shape index (κ3) is 4.66. The van der Waals surface area contributed by atoms with Gasteiger partial charge in [0.25, 0.3) is 0 Å². The second-order valence-electron chi connectivity index (χ2n) is 5.37. The van der Waals surface area contributed by atoms with Gasteiger partial charge in [0.2, 0.25) is 11.8 Å². The summed E-state index contributed by atoms with van der Waals surface area (Å²) in [7, 11) is 0. The molecule has 23 heavy (non-hydrogen) atoms. The van der Waals surface area contributed by atoms with Gasteiger partial charge in [-0.1, -0.05) is 11.6 Å². The summed E-state index contributed by atoms with van der Waals surface area (Å²) in [5, 5.41) is 11.3. The van der Waals surface area contributed by atoms with Crippen molar-refractivity contribution in [3.63, 3.8) is 0 Å². The van der Waals surface area contributed by atoms with Crippen molar-refractivity contribution in [2.75, 3.05) is 18.4 Å². The third-order valence-corrected chi connectivity index (χ3v) is 3.93. The van der Waals surface area contributed by atoms with Crippen LogP contribution >= 0.6 is 11.6 Å². The molecule has 0 saturated carbocycles. The average Bonchev–Trinajstić information content (AvgIpc) is 2.51. The van der Waals surface area contributed by atoms with Crippen molar-refractivity contribution in [1.29, 1.82) is 0 Å². The van der Waals surface area contributed by atoms with E-state index in [-0.39, 0.29) is 17.3 Å². The van der Waals surface area contributed by atoms with E-state index >= 15 is 0 Å². The van der Waals surface area contributed by atoms with E-state index in [1.54, 1.807) is 0 Å². The number of carboxylic acids is 1. The highest BCUT2D eigenvalue weighted by molar-refractivity contribution is 6.31. The number of nitrogens with one attached hydrogen (secondary N) is 1. The highest BCUT2D eigenvalue weighted by Gasteiger charge is 2.28. The van der Waals surface area contributed by atoms with E-state index in [1.807, 2.05) is 0 Å². The molecule has 0 unspecified atom stereocenters. The molecule has 6 nitrogen and oxygen atoms in total. The first kappa shape index (κ1) is 17.2. The van der Waals surface area contributed by atoms with Crippen LogP contribution in [0.3, 0.4) is 0 Å². The number of aliphatic carboxylic acids is 1. The first-order valence-electron chi connectivity index (χ1n) is 7.12. The lowest BCUT2D eigenvalue weighted by Gasteiger charge is -2.30. The summed E-state index contributed by atoms with van der Waals surface area (Å²) < 4.78 is 13.0. The molecule has 1 aromatic carbocycles. The van der Waals surface area contributed by atoms with Gasteiger partial charge in [0.1, 0.15) is 12.2 Å². The number of carbonyl (C=O) groups is 3. The molecule has 2 amide bonds. The monoisotopic (exact) mass is 342 g/mol. The lowest BCUT2D eigenvalue weighted by molar-refractivity contribution is -0.145. The van der Waals surface area contributed by atoms with Crippen molar-refractivity contribution in [3.05, 3.63) is 29.0 Å². The van der Waals surface area contributed by atoms with Crippen LogP contribution < -0.4 is 5.32 Å². The first-order valence-corrected chi connectivity index (χ1v) is 7.50. The zero-order chi connectivity index (χ0) is 17.0. The summed E-state index contributed by atoms with van der Waals surface area (Å²) >= 11 is 5.61. The smallest absolute Gasteiger partial charge is 0.308 e. The van der Waals surface area contributed by atoms with Crippen LogP contribution in [0.25, 0.3) is 0 Å². The maximum absolute atomic E-state index is 13.0. The zero-order valence-corrected chi connectivity index (χ0v) is 13.0. The molecule has 1 atom stereocenters. The summed E-state index contributed by atoms with van der Waals surface area (Å²) in [5.74, 6) is -3.12. The molecule has 1 heterocycles. The van der Waals surface area contributed by atoms with E-state index in [0.717, 1.165) is 6.07 Å². The Balaban J connectivity index is 1.90. The largest absolute Gasteiger partial charge is 0.481 e. The van der Waals surface area contributed by atoms with Crippen LogP contribution in [0.5, 0.6) is 0 Å². The van der Waals surface area contributed by atoms with Crippen molar-refractivity contribution < 1.29 is 23.9 Å². The van der Waals surface area contributed by atoms with Gasteiger partial charge in [-0.3, -0.25) is 14.4 Å². The number of benzene rings is 1. The van der Waals surface area contributed by atoms with Gasteiger partial charge in [-0.2, -0.15) is 0 Å². The van der Waals surface area contributed by atoms with Gasteiger partial charge >= 0.3 is 5.97 Å². The number of likely N-dealkylation sites (tertiary alicyclic amines) is 1. The van der Waals surface area contributed by atoms with Crippen molar-refractivity contribution in [1.82, 2.24) is 4.90 Å². The molecule has 1 aliphatic heterocycles. The van der Waals surface area contributed by atoms with E-state index in [4.69, 9.17) is 16.7 Å². The first-order chi connectivity index (χ1) is 10.9. The number of anilines is 1. The fourth-order valence-electron chi connectivity index (χ4n) is 2.43. The molecule has 1 aromatic rings. The number of hydrogen-bond donors (Lipinski definition) is 2. The molecule has 0 aliphatic carbocycles. The maximum atomic E-state index is 13.0. The minimum atomic E-state index is -0.937. The van der Waals surface area contributed by atoms with E-state index in [1.165, 1.54) is 17.0 Å². The van der Waals surface area contributed by atoms with Crippen LogP contribution in [-0.2, 0) is 14.4 Å². The molecule has 124 valence electrons. The van der Waals surface area contributed by atoms with Gasteiger partial charge in [-0.05, 0) is 31.0 Å². The second kappa shape index (κ2) is 7.41. The highest BCUT2D eigenvalue weighted by Crippen LogP contribution is 2.20. The highest BCUT2D eigenvalue weighted by atomic mass is 35.5. The van der Waals surface area contributed by atoms with Gasteiger partial charge in [-0.25, -0.2) is 4.39 Å². The second-order valence-corrected chi connectivity index (χ2v) is 5.78. The van der Waals surface area contributed by atoms with Gasteiger partial charge in [0, 0.05) is 18.8 Å². The Labute approximate surface area is 137 Å². The normalized spacial score (nSPS) is 17.7. The number of amides is 2. The SMILES string of the molecule is O=C(CC(=O)N1CCC[C@@H](C(=O)O)C1)Nc1ccc(F)c(Cl)c1. The molecular weight excluding hydrogens is 327 g/mol. The Morgan fingerprint density at radius 3 is 2.78 bits per heavy atom. The predicted molar refractivity (Wildman–Crippen MR) is 81.6 cm³/mol. The van der Waals surface area contributed by atoms with Crippen LogP contribution in [0.4, 0.5) is 10.1 Å². The standard InChI is InChI=1S/C15H16ClFN2O4/c16-11-6-10(3-4-12(11)17)18-13(20)7-14(21)19-5-1-2-9(8-19)15(22)23/h3-4,6,9H,1-2,5,7-8H2,(H,18,20)(H,22,23)/t9-/m1/s1. The van der Waals surface area contributed by atoms with Crippen molar-refractivity contribution in [2.24, 2.45) is 5.92 Å². The molecule has 0 radical (unpaired) electrons. The number of nitrogens with zero attached hydrogens (tertiary/aromatic N) is 1. The van der Waals surface area contributed by atoms with Gasteiger partial charge < -0.3 is 15.3 Å². The fourth-order valence-corrected chi connectivity index (χ4v) is 2.61. The summed E-state index contributed by atoms with van der Waals surface area (Å²) in [6.07, 6.45) is 0.721. The van der Waals surface area contributed by atoms with Gasteiger partial charge in [-0.15, -0.1) is 0 Å². The molecule has 0 bridgehead atoms. The van der Waals surface area contributed by atoms with Crippen LogP contribution in [0.15, 0.2) is 18.2 Å². The number of hydrogen-bond acceptors (Lipinski definition) is 3. The number of piperidine rings is 1. The number of rotatable bonds is 4. The quantitative estimate of drug-likeness (QED) is 0.821. The molecule has 8 heteroatoms. The lowest BCUT2D eigenvalue weighted by Crippen LogP contribution is -2.43. The van der Waals surface area contributed by atoms with Crippen LogP contribution in [-0.4, -0.2) is 40.9 Å². The Kier molecular flexibility index (Phi) is 5.54. The number of halogens is 2. The molecule has 1 saturated heterocycles. The summed E-state index contributed by atoms with van der Waals surface area (Å²) in [6.45, 7) is 0.558. The Morgan fingerprint density at radius 1 is 1.39 bits per heavy atom. The maximum Gasteiger partial charge on any atom is 0.308 e.